The van der Waals surface area contributed by atoms with Gasteiger partial charge in [0.1, 0.15) is 11.4 Å². The third-order valence-corrected chi connectivity index (χ3v) is 3.26. The van der Waals surface area contributed by atoms with Gasteiger partial charge in [-0.2, -0.15) is 0 Å². The maximum absolute atomic E-state index is 11.6. The van der Waals surface area contributed by atoms with E-state index in [0.717, 1.165) is 16.9 Å². The summed E-state index contributed by atoms with van der Waals surface area (Å²) >= 11 is 0. The first-order valence-electron chi connectivity index (χ1n) is 6.19. The number of aromatic nitrogens is 2. The van der Waals surface area contributed by atoms with Crippen molar-refractivity contribution in [2.24, 2.45) is 7.05 Å². The molecular formula is C14H19N3O2. The van der Waals surface area contributed by atoms with Crippen LogP contribution in [0.15, 0.2) is 24.3 Å². The maximum atomic E-state index is 11.6. The highest BCUT2D eigenvalue weighted by atomic mass is 16.5. The van der Waals surface area contributed by atoms with Crippen LogP contribution in [0.2, 0.25) is 0 Å². The van der Waals surface area contributed by atoms with Gasteiger partial charge in [-0.05, 0) is 26.0 Å². The number of methoxy groups -OCH3 is 1. The van der Waals surface area contributed by atoms with Crippen LogP contribution in [-0.4, -0.2) is 28.2 Å². The van der Waals surface area contributed by atoms with E-state index in [0.29, 0.717) is 6.54 Å². The van der Waals surface area contributed by atoms with Crippen molar-refractivity contribution < 1.29 is 9.53 Å². The maximum Gasteiger partial charge on any atom is 0.325 e. The zero-order valence-electron chi connectivity index (χ0n) is 11.7. The molecule has 0 spiro atoms. The number of nitrogens with one attached hydrogen (secondary N) is 1. The Bertz CT molecular complexity index is 602. The fourth-order valence-corrected chi connectivity index (χ4v) is 1.98. The van der Waals surface area contributed by atoms with Crippen LogP contribution in [0, 0.1) is 0 Å². The summed E-state index contributed by atoms with van der Waals surface area (Å²) in [6, 6.07) is 7.95. The number of rotatable bonds is 4. The second-order valence-corrected chi connectivity index (χ2v) is 5.05. The van der Waals surface area contributed by atoms with Crippen LogP contribution in [0.25, 0.3) is 11.0 Å². The predicted molar refractivity (Wildman–Crippen MR) is 73.6 cm³/mol. The van der Waals surface area contributed by atoms with Gasteiger partial charge in [0, 0.05) is 7.05 Å². The lowest BCUT2D eigenvalue weighted by atomic mass is 10.1. The number of hydrogen-bond acceptors (Lipinski definition) is 4. The molecule has 0 aliphatic heterocycles. The van der Waals surface area contributed by atoms with Crippen molar-refractivity contribution in [3.8, 4) is 0 Å². The molecule has 5 nitrogen and oxygen atoms in total. The Morgan fingerprint density at radius 3 is 2.74 bits per heavy atom. The highest BCUT2D eigenvalue weighted by Gasteiger charge is 2.28. The van der Waals surface area contributed by atoms with E-state index >= 15 is 0 Å². The molecular weight excluding hydrogens is 242 g/mol. The third-order valence-electron chi connectivity index (χ3n) is 3.26. The van der Waals surface area contributed by atoms with Crippen molar-refractivity contribution >= 4 is 17.0 Å². The predicted octanol–water partition coefficient (Wildman–Crippen LogP) is 1.61. The molecule has 0 saturated heterocycles. The smallest absolute Gasteiger partial charge is 0.325 e. The number of carbonyl (C=O) groups is 1. The van der Waals surface area contributed by atoms with Crippen LogP contribution in [-0.2, 0) is 23.1 Å². The number of carbonyl (C=O) groups excluding carboxylic acids is 1. The normalized spacial score (nSPS) is 11.8. The van der Waals surface area contributed by atoms with Gasteiger partial charge in [0.25, 0.3) is 0 Å². The van der Waals surface area contributed by atoms with E-state index in [2.05, 4.69) is 10.3 Å². The van der Waals surface area contributed by atoms with Gasteiger partial charge in [-0.15, -0.1) is 0 Å². The van der Waals surface area contributed by atoms with E-state index in [4.69, 9.17) is 4.74 Å². The molecule has 5 heteroatoms. The molecule has 1 N–H and O–H groups in total. The summed E-state index contributed by atoms with van der Waals surface area (Å²) in [5.74, 6) is 0.601. The average molecular weight is 261 g/mol. The molecule has 2 aromatic rings. The van der Waals surface area contributed by atoms with Crippen LogP contribution < -0.4 is 5.32 Å². The standard InChI is InChI=1S/C14H19N3O2/c1-14(2,13(18)19-4)15-9-12-16-10-7-5-6-8-11(10)17(12)3/h5-8,15H,9H2,1-4H3. The highest BCUT2D eigenvalue weighted by Crippen LogP contribution is 2.15. The number of aryl methyl sites for hydroxylation is 1. The Morgan fingerprint density at radius 2 is 2.11 bits per heavy atom. The van der Waals surface area contributed by atoms with Crippen molar-refractivity contribution in [1.29, 1.82) is 0 Å². The lowest BCUT2D eigenvalue weighted by molar-refractivity contribution is -0.147. The fraction of sp³-hybridized carbons (Fsp3) is 0.429. The molecule has 0 amide bonds. The van der Waals surface area contributed by atoms with Gasteiger partial charge < -0.3 is 9.30 Å². The number of ether oxygens (including phenoxy) is 1. The van der Waals surface area contributed by atoms with Crippen LogP contribution >= 0.6 is 0 Å². The molecule has 1 heterocycles. The Labute approximate surface area is 112 Å². The first-order chi connectivity index (χ1) is 8.95. The summed E-state index contributed by atoms with van der Waals surface area (Å²) in [5.41, 5.74) is 1.31. The Morgan fingerprint density at radius 1 is 1.42 bits per heavy atom. The first kappa shape index (κ1) is 13.5. The number of imidazole rings is 1. The van der Waals surface area contributed by atoms with Gasteiger partial charge in [0.05, 0.1) is 24.7 Å². The van der Waals surface area contributed by atoms with Crippen molar-refractivity contribution in [2.45, 2.75) is 25.9 Å². The Balaban J connectivity index is 2.18. The lowest BCUT2D eigenvalue weighted by Gasteiger charge is -2.22. The van der Waals surface area contributed by atoms with Crippen molar-refractivity contribution in [1.82, 2.24) is 14.9 Å². The van der Waals surface area contributed by atoms with Crippen LogP contribution in [0.5, 0.6) is 0 Å². The van der Waals surface area contributed by atoms with Crippen molar-refractivity contribution in [3.05, 3.63) is 30.1 Å². The number of hydrogen-bond donors (Lipinski definition) is 1. The SMILES string of the molecule is COC(=O)C(C)(C)NCc1nc2ccccc2n1C. The van der Waals surface area contributed by atoms with Crippen molar-refractivity contribution in [3.63, 3.8) is 0 Å². The fourth-order valence-electron chi connectivity index (χ4n) is 1.98. The largest absolute Gasteiger partial charge is 0.468 e. The molecule has 0 bridgehead atoms. The molecule has 1 aromatic carbocycles. The monoisotopic (exact) mass is 261 g/mol. The average Bonchev–Trinajstić information content (AvgIpc) is 2.73. The Kier molecular flexibility index (Phi) is 3.57. The molecule has 0 unspecified atom stereocenters. The van der Waals surface area contributed by atoms with Crippen LogP contribution in [0.4, 0.5) is 0 Å². The van der Waals surface area contributed by atoms with Gasteiger partial charge in [-0.25, -0.2) is 4.98 Å². The van der Waals surface area contributed by atoms with Gasteiger partial charge >= 0.3 is 5.97 Å². The molecule has 102 valence electrons. The van der Waals surface area contributed by atoms with Crippen LogP contribution in [0.3, 0.4) is 0 Å². The van der Waals surface area contributed by atoms with E-state index in [1.165, 1.54) is 7.11 Å². The van der Waals surface area contributed by atoms with Gasteiger partial charge in [0.2, 0.25) is 0 Å². The number of para-hydroxylation sites is 2. The quantitative estimate of drug-likeness (QED) is 0.850. The molecule has 19 heavy (non-hydrogen) atoms. The van der Waals surface area contributed by atoms with Crippen LogP contribution in [0.1, 0.15) is 19.7 Å². The molecule has 1 aromatic heterocycles. The summed E-state index contributed by atoms with van der Waals surface area (Å²) in [6.45, 7) is 4.09. The number of fused-ring (bicyclic) bond motifs is 1. The minimum absolute atomic E-state index is 0.286. The van der Waals surface area contributed by atoms with E-state index in [1.54, 1.807) is 13.8 Å². The number of esters is 1. The zero-order valence-corrected chi connectivity index (χ0v) is 11.7. The van der Waals surface area contributed by atoms with E-state index in [9.17, 15) is 4.79 Å². The third kappa shape index (κ3) is 2.61. The molecule has 0 atom stereocenters. The first-order valence-corrected chi connectivity index (χ1v) is 6.19. The molecule has 0 radical (unpaired) electrons. The van der Waals surface area contributed by atoms with Gasteiger partial charge in [-0.3, -0.25) is 10.1 Å². The summed E-state index contributed by atoms with van der Waals surface area (Å²) in [4.78, 5) is 16.1. The molecule has 2 rings (SSSR count). The molecule has 0 saturated carbocycles. The Hall–Kier alpha value is -1.88. The second kappa shape index (κ2) is 5.01. The minimum Gasteiger partial charge on any atom is -0.468 e. The summed E-state index contributed by atoms with van der Waals surface area (Å²) in [7, 11) is 3.36. The van der Waals surface area contributed by atoms with E-state index < -0.39 is 5.54 Å². The highest BCUT2D eigenvalue weighted by molar-refractivity contribution is 5.79. The van der Waals surface area contributed by atoms with Gasteiger partial charge in [0.15, 0.2) is 0 Å². The number of nitrogens with zero attached hydrogens (tertiary/aromatic N) is 2. The zero-order chi connectivity index (χ0) is 14.0. The van der Waals surface area contributed by atoms with Gasteiger partial charge in [-0.1, -0.05) is 12.1 Å². The molecule has 0 aliphatic rings. The second-order valence-electron chi connectivity index (χ2n) is 5.05. The number of benzene rings is 1. The minimum atomic E-state index is -0.729. The molecule has 0 fully saturated rings. The summed E-state index contributed by atoms with van der Waals surface area (Å²) in [6.07, 6.45) is 0. The lowest BCUT2D eigenvalue weighted by Crippen LogP contribution is -2.47. The van der Waals surface area contributed by atoms with Crippen molar-refractivity contribution in [2.75, 3.05) is 7.11 Å². The van der Waals surface area contributed by atoms with E-state index in [-0.39, 0.29) is 5.97 Å². The summed E-state index contributed by atoms with van der Waals surface area (Å²) < 4.78 is 6.79. The summed E-state index contributed by atoms with van der Waals surface area (Å²) in [5, 5.41) is 3.17. The molecule has 0 aliphatic carbocycles. The van der Waals surface area contributed by atoms with E-state index in [1.807, 2.05) is 35.9 Å². The topological polar surface area (TPSA) is 56.1 Å².